The molecule has 348 valence electrons. The molecule has 7 rings (SSSR count). The molecule has 0 amide bonds. The number of hydrogen-bond acceptors (Lipinski definition) is 12. The number of carbonyl (C=O) groups excluding carboxylic acids is 2. The van der Waals surface area contributed by atoms with Crippen molar-refractivity contribution in [2.24, 2.45) is 35.5 Å². The number of cyclic esters (lactones) is 1. The minimum atomic E-state index is -0.624. The van der Waals surface area contributed by atoms with Gasteiger partial charge < -0.3 is 48.1 Å². The van der Waals surface area contributed by atoms with E-state index < -0.39 is 18.3 Å². The van der Waals surface area contributed by atoms with Gasteiger partial charge >= 0.3 is 5.97 Å². The zero-order chi connectivity index (χ0) is 44.6. The van der Waals surface area contributed by atoms with Gasteiger partial charge in [0.2, 0.25) is 0 Å². The van der Waals surface area contributed by atoms with Crippen LogP contribution in [0.25, 0.3) is 0 Å². The van der Waals surface area contributed by atoms with Crippen molar-refractivity contribution in [3.63, 3.8) is 0 Å². The number of hydrogen-bond donors (Lipinski definition) is 1. The first-order valence-electron chi connectivity index (χ1n) is 23.8. The number of carbonyl (C=O) groups is 2. The highest BCUT2D eigenvalue weighted by atomic mass is 16.7. The number of esters is 1. The highest BCUT2D eigenvalue weighted by Crippen LogP contribution is 2.57. The Balaban J connectivity index is 1.21. The Morgan fingerprint density at radius 1 is 0.823 bits per heavy atom. The second-order valence-corrected chi connectivity index (χ2v) is 20.0. The number of nitrogens with one attached hydrogen (secondary N) is 1. The number of rotatable bonds is 11. The van der Waals surface area contributed by atoms with Crippen LogP contribution in [0.15, 0.2) is 23.8 Å². The summed E-state index contributed by atoms with van der Waals surface area (Å²) < 4.78 is 50.7. The van der Waals surface area contributed by atoms with Gasteiger partial charge in [-0.3, -0.25) is 9.59 Å². The maximum absolute atomic E-state index is 15.3. The molecular weight excluding hydrogens is 789 g/mol. The van der Waals surface area contributed by atoms with Gasteiger partial charge in [0.15, 0.2) is 18.4 Å². The van der Waals surface area contributed by atoms with E-state index in [0.717, 1.165) is 62.6 Å². The van der Waals surface area contributed by atoms with Crippen LogP contribution in [0.1, 0.15) is 109 Å². The molecule has 2 saturated carbocycles. The number of fused-ring (bicyclic) bond motifs is 5. The average Bonchev–Trinajstić information content (AvgIpc) is 3.81. The third kappa shape index (κ3) is 9.88. The fraction of sp³-hybridized carbons (Fsp3) is 0.800. The van der Waals surface area contributed by atoms with E-state index in [-0.39, 0.29) is 96.9 Å². The Morgan fingerprint density at radius 2 is 1.53 bits per heavy atom. The van der Waals surface area contributed by atoms with Crippen molar-refractivity contribution in [3.8, 4) is 0 Å². The molecule has 5 fully saturated rings. The summed E-state index contributed by atoms with van der Waals surface area (Å²) in [7, 11) is 9.21. The van der Waals surface area contributed by atoms with Gasteiger partial charge in [-0.2, -0.15) is 0 Å². The lowest BCUT2D eigenvalue weighted by Crippen LogP contribution is -2.59. The highest BCUT2D eigenvalue weighted by molar-refractivity contribution is 5.99. The van der Waals surface area contributed by atoms with Crippen molar-refractivity contribution in [3.05, 3.63) is 40.5 Å². The molecule has 0 spiro atoms. The van der Waals surface area contributed by atoms with Crippen LogP contribution in [0.3, 0.4) is 0 Å². The van der Waals surface area contributed by atoms with Gasteiger partial charge in [0.1, 0.15) is 24.4 Å². The SMILES string of the molecule is CC[C@H]1CCC[C@H](O[C@H]2CC[C@H](N(C)C)C(C)O2)[C@@H](C)C(=O)C2=C[C@H]3[C@@H]4C[C@H](O[C@@H]5OC(C)[C@H](OC)C(OC)C5OC)C[C@H]4C[C@H](Nc4c(C)cc(C)cc4C)[C@H]3[C@@H]2CC(=O)O1. The normalized spacial score (nSPS) is 41.7. The number of Topliss-reactive ketones (excluding diaryl/α,β-unsaturated/α-hetero) is 1. The quantitative estimate of drug-likeness (QED) is 0.219. The summed E-state index contributed by atoms with van der Waals surface area (Å²) in [6.45, 7) is 14.7. The van der Waals surface area contributed by atoms with E-state index in [1.165, 1.54) is 16.7 Å². The van der Waals surface area contributed by atoms with Crippen LogP contribution >= 0.6 is 0 Å². The first-order chi connectivity index (χ1) is 29.6. The molecule has 1 aromatic carbocycles. The van der Waals surface area contributed by atoms with E-state index in [1.54, 1.807) is 21.3 Å². The highest BCUT2D eigenvalue weighted by Gasteiger charge is 2.57. The smallest absolute Gasteiger partial charge is 0.306 e. The summed E-state index contributed by atoms with van der Waals surface area (Å²) in [5, 5.41) is 4.07. The second-order valence-electron chi connectivity index (χ2n) is 20.0. The topological polar surface area (TPSA) is 123 Å². The second kappa shape index (κ2) is 20.4. The summed E-state index contributed by atoms with van der Waals surface area (Å²) in [6, 6.07) is 4.80. The Bertz CT molecular complexity index is 1710. The number of aryl methyl sites for hydroxylation is 3. The molecule has 3 aliphatic carbocycles. The van der Waals surface area contributed by atoms with Crippen LogP contribution in [0.4, 0.5) is 5.69 Å². The first kappa shape index (κ1) is 47.5. The largest absolute Gasteiger partial charge is 0.462 e. The summed E-state index contributed by atoms with van der Waals surface area (Å²) in [6.07, 6.45) is 6.81. The summed E-state index contributed by atoms with van der Waals surface area (Å²) in [5.74, 6) is -0.205. The van der Waals surface area contributed by atoms with E-state index >= 15 is 4.79 Å². The Kier molecular flexibility index (Phi) is 15.6. The number of nitrogens with zero attached hydrogens (tertiary/aromatic N) is 1. The van der Waals surface area contributed by atoms with Gasteiger partial charge in [-0.25, -0.2) is 0 Å². The van der Waals surface area contributed by atoms with Gasteiger partial charge in [0, 0.05) is 50.9 Å². The van der Waals surface area contributed by atoms with E-state index in [4.69, 9.17) is 37.9 Å². The minimum Gasteiger partial charge on any atom is -0.462 e. The van der Waals surface area contributed by atoms with Crippen molar-refractivity contribution in [1.82, 2.24) is 4.90 Å². The van der Waals surface area contributed by atoms with Crippen LogP contribution in [0.2, 0.25) is 0 Å². The molecule has 3 aliphatic heterocycles. The van der Waals surface area contributed by atoms with Crippen molar-refractivity contribution in [2.75, 3.05) is 40.7 Å². The number of ketones is 1. The van der Waals surface area contributed by atoms with Crippen molar-refractivity contribution >= 4 is 17.4 Å². The lowest BCUT2D eigenvalue weighted by atomic mass is 9.63. The van der Waals surface area contributed by atoms with Gasteiger partial charge in [-0.05, 0) is 147 Å². The number of anilines is 1. The predicted octanol–water partition coefficient (Wildman–Crippen LogP) is 7.73. The average molecular weight is 867 g/mol. The number of benzene rings is 1. The zero-order valence-electron chi connectivity index (χ0n) is 39.7. The van der Waals surface area contributed by atoms with Crippen molar-refractivity contribution in [1.29, 1.82) is 0 Å². The molecule has 4 unspecified atom stereocenters. The standard InChI is InChI=1S/C50H78N2O10/c1-13-33-15-14-16-41(62-43-18-17-40(52(8)9)30(6)58-43)29(5)46(54)38-24-36-35-23-34(61-50-49(57-12)48(56-11)47(55-10)31(7)59-50)21-32(35)22-39(44(36)37(38)25-42(53)60-33)51-45-27(3)19-26(2)20-28(45)4/h19-20,24,29-37,39-41,43-44,47-51H,13-18,21-23,25H2,1-12H3/t29-,30?,31?,32+,33+,34-,35-,36+,37-,39+,40+,41+,43+,44-,47+,48?,49?,50+/m1/s1. The van der Waals surface area contributed by atoms with Gasteiger partial charge in [-0.1, -0.05) is 37.6 Å². The van der Waals surface area contributed by atoms with E-state index in [2.05, 4.69) is 77.1 Å². The van der Waals surface area contributed by atoms with Crippen LogP contribution in [0, 0.1) is 56.3 Å². The number of allylic oxidation sites excluding steroid dienone is 2. The third-order valence-corrected chi connectivity index (χ3v) is 15.8. The third-order valence-electron chi connectivity index (χ3n) is 15.8. The van der Waals surface area contributed by atoms with Crippen LogP contribution in [-0.4, -0.2) is 126 Å². The number of ether oxygens (including phenoxy) is 8. The molecule has 18 atom stereocenters. The first-order valence-corrected chi connectivity index (χ1v) is 23.8. The monoisotopic (exact) mass is 867 g/mol. The van der Waals surface area contributed by atoms with Crippen molar-refractivity contribution in [2.45, 2.75) is 186 Å². The molecule has 0 bridgehead atoms. The molecule has 1 N–H and O–H groups in total. The molecule has 3 heterocycles. The Morgan fingerprint density at radius 3 is 2.18 bits per heavy atom. The molecule has 6 aliphatic rings. The molecule has 3 saturated heterocycles. The number of methoxy groups -OCH3 is 3. The Hall–Kier alpha value is -2.42. The minimum absolute atomic E-state index is 0.000285. The molecule has 12 heteroatoms. The van der Waals surface area contributed by atoms with E-state index in [0.29, 0.717) is 18.4 Å². The van der Waals surface area contributed by atoms with E-state index in [1.807, 2.05) is 13.8 Å². The lowest BCUT2D eigenvalue weighted by Gasteiger charge is -2.45. The fourth-order valence-electron chi connectivity index (χ4n) is 12.8. The Labute approximate surface area is 371 Å². The molecule has 1 aromatic rings. The maximum Gasteiger partial charge on any atom is 0.306 e. The molecule has 12 nitrogen and oxygen atoms in total. The zero-order valence-corrected chi connectivity index (χ0v) is 39.7. The maximum atomic E-state index is 15.3. The van der Waals surface area contributed by atoms with Crippen molar-refractivity contribution < 1.29 is 47.5 Å². The predicted molar refractivity (Wildman–Crippen MR) is 238 cm³/mol. The fourth-order valence-corrected chi connectivity index (χ4v) is 12.8. The van der Waals surface area contributed by atoms with Crippen LogP contribution in [0.5, 0.6) is 0 Å². The number of likely N-dealkylation sites (N-methyl/N-ethyl adjacent to an activating group) is 1. The molecular formula is C50H78N2O10. The molecule has 0 radical (unpaired) electrons. The van der Waals surface area contributed by atoms with E-state index in [9.17, 15) is 4.79 Å². The van der Waals surface area contributed by atoms with Gasteiger partial charge in [-0.15, -0.1) is 0 Å². The summed E-state index contributed by atoms with van der Waals surface area (Å²) in [5.41, 5.74) is 5.52. The summed E-state index contributed by atoms with van der Waals surface area (Å²) >= 11 is 0. The lowest BCUT2D eigenvalue weighted by molar-refractivity contribution is -0.314. The van der Waals surface area contributed by atoms with Gasteiger partial charge in [0.25, 0.3) is 0 Å². The molecule has 0 aromatic heterocycles. The van der Waals surface area contributed by atoms with Gasteiger partial charge in [0.05, 0.1) is 30.8 Å². The summed E-state index contributed by atoms with van der Waals surface area (Å²) in [4.78, 5) is 31.6. The van der Waals surface area contributed by atoms with Crippen LogP contribution in [-0.2, 0) is 47.5 Å². The van der Waals surface area contributed by atoms with Crippen LogP contribution < -0.4 is 5.32 Å². The molecule has 62 heavy (non-hydrogen) atoms.